The molecule has 1 aliphatic carbocycles. The monoisotopic (exact) mass is 574 g/mol. The number of pyridine rings is 1. The van der Waals surface area contributed by atoms with Crippen molar-refractivity contribution in [2.24, 2.45) is 0 Å². The van der Waals surface area contributed by atoms with Crippen LogP contribution in [0.5, 0.6) is 11.5 Å². The molecule has 40 heavy (non-hydrogen) atoms. The zero-order valence-electron chi connectivity index (χ0n) is 23.0. The lowest BCUT2D eigenvalue weighted by molar-refractivity contribution is -0.177. The fraction of sp³-hybridized carbons (Fsp3) is 0.704. The fourth-order valence-electron chi connectivity index (χ4n) is 4.92. The Morgan fingerprint density at radius 2 is 1.88 bits per heavy atom. The van der Waals surface area contributed by atoms with Crippen molar-refractivity contribution in [1.82, 2.24) is 10.3 Å². The summed E-state index contributed by atoms with van der Waals surface area (Å²) in [5.41, 5.74) is -0.247. The Hall–Kier alpha value is -2.93. The largest absolute Gasteiger partial charge is 0.493 e. The van der Waals surface area contributed by atoms with E-state index in [4.69, 9.17) is 23.7 Å². The van der Waals surface area contributed by atoms with Crippen molar-refractivity contribution in [3.05, 3.63) is 18.0 Å². The van der Waals surface area contributed by atoms with Crippen molar-refractivity contribution in [1.29, 1.82) is 0 Å². The first-order valence-corrected chi connectivity index (χ1v) is 13.5. The number of carbonyl (C=O) groups is 3. The summed E-state index contributed by atoms with van der Waals surface area (Å²) in [6.07, 6.45) is -1.60. The second kappa shape index (κ2) is 14.6. The van der Waals surface area contributed by atoms with Crippen LogP contribution in [0.2, 0.25) is 0 Å². The normalized spacial score (nSPS) is 24.4. The number of hydrogen-bond donors (Lipinski definition) is 1. The average Bonchev–Trinajstić information content (AvgIpc) is 3.41. The lowest BCUT2D eigenvalue weighted by Gasteiger charge is -2.33. The molecule has 1 saturated heterocycles. The number of methoxy groups -OCH3 is 1. The second-order valence-corrected chi connectivity index (χ2v) is 10.0. The molecule has 0 bridgehead atoms. The number of ether oxygens (including phenoxy) is 5. The Bertz CT molecular complexity index is 1020. The number of rotatable bonds is 10. The summed E-state index contributed by atoms with van der Waals surface area (Å²) in [5, 5.41) is 2.61. The van der Waals surface area contributed by atoms with Gasteiger partial charge < -0.3 is 29.0 Å². The summed E-state index contributed by atoms with van der Waals surface area (Å²) >= 11 is 0. The van der Waals surface area contributed by atoms with Crippen LogP contribution in [0, 0.1) is 0 Å². The number of hydrogen-bond acceptors (Lipinski definition) is 9. The standard InChI is InChI=1S/C27H37F3N2O8/c1-16-23(40-18-8-4-5-9-18)21(37-15-7-13-27(28,29)30)11-6-10-19(26(35)38-16)32-25(34)22-24(39-17(2)33)20(36-3)12-14-31-22/h12,14,16,18-19,21,23H,4-11,13,15H2,1-3H3,(H,32,34). The highest BCUT2D eigenvalue weighted by Crippen LogP contribution is 2.31. The van der Waals surface area contributed by atoms with E-state index in [9.17, 15) is 27.6 Å². The van der Waals surface area contributed by atoms with Crippen LogP contribution in [0.4, 0.5) is 13.2 Å². The minimum Gasteiger partial charge on any atom is -0.493 e. The first-order valence-electron chi connectivity index (χ1n) is 13.5. The van der Waals surface area contributed by atoms with Gasteiger partial charge in [-0.05, 0) is 45.4 Å². The van der Waals surface area contributed by atoms with E-state index in [1.54, 1.807) is 6.92 Å². The highest BCUT2D eigenvalue weighted by atomic mass is 19.4. The van der Waals surface area contributed by atoms with Crippen LogP contribution in [0.25, 0.3) is 0 Å². The SMILES string of the molecule is COc1ccnc(C(=O)NC2CCCC(OCCCC(F)(F)F)C(OC3CCCC3)C(C)OC2=O)c1OC(C)=O. The van der Waals surface area contributed by atoms with E-state index in [0.29, 0.717) is 12.8 Å². The molecule has 4 atom stereocenters. The van der Waals surface area contributed by atoms with Gasteiger partial charge in [-0.3, -0.25) is 9.59 Å². The first kappa shape index (κ1) is 31.6. The number of carbonyl (C=O) groups excluding carboxylic acids is 3. The van der Waals surface area contributed by atoms with E-state index in [1.165, 1.54) is 19.4 Å². The number of halogens is 3. The van der Waals surface area contributed by atoms with Crippen molar-refractivity contribution in [2.75, 3.05) is 13.7 Å². The number of cyclic esters (lactones) is 1. The van der Waals surface area contributed by atoms with Gasteiger partial charge in [0.25, 0.3) is 5.91 Å². The summed E-state index contributed by atoms with van der Waals surface area (Å²) in [7, 11) is 1.34. The van der Waals surface area contributed by atoms with E-state index in [0.717, 1.165) is 32.6 Å². The molecule has 2 fully saturated rings. The van der Waals surface area contributed by atoms with Crippen LogP contribution in [-0.4, -0.2) is 73.2 Å². The van der Waals surface area contributed by atoms with E-state index >= 15 is 0 Å². The smallest absolute Gasteiger partial charge is 0.389 e. The zero-order valence-corrected chi connectivity index (χ0v) is 23.0. The van der Waals surface area contributed by atoms with Gasteiger partial charge in [0.1, 0.15) is 18.2 Å². The predicted octanol–water partition coefficient (Wildman–Crippen LogP) is 4.29. The van der Waals surface area contributed by atoms with Gasteiger partial charge in [0.2, 0.25) is 5.75 Å². The minimum atomic E-state index is -4.28. The number of esters is 2. The molecule has 2 aliphatic rings. The molecule has 10 nitrogen and oxygen atoms in total. The van der Waals surface area contributed by atoms with Crippen molar-refractivity contribution in [3.8, 4) is 11.5 Å². The first-order chi connectivity index (χ1) is 19.0. The summed E-state index contributed by atoms with van der Waals surface area (Å²) in [4.78, 5) is 41.9. The lowest BCUT2D eigenvalue weighted by atomic mass is 10.0. The molecular weight excluding hydrogens is 537 g/mol. The van der Waals surface area contributed by atoms with Gasteiger partial charge in [0.15, 0.2) is 11.4 Å². The van der Waals surface area contributed by atoms with Gasteiger partial charge in [-0.2, -0.15) is 13.2 Å². The van der Waals surface area contributed by atoms with Crippen LogP contribution in [0.15, 0.2) is 12.3 Å². The van der Waals surface area contributed by atoms with Crippen LogP contribution in [-0.2, 0) is 23.8 Å². The van der Waals surface area contributed by atoms with Crippen LogP contribution in [0.1, 0.15) is 82.1 Å². The predicted molar refractivity (Wildman–Crippen MR) is 135 cm³/mol. The molecule has 0 aromatic carbocycles. The quantitative estimate of drug-likeness (QED) is 0.322. The molecule has 1 aromatic rings. The maximum atomic E-state index is 13.2. The molecule has 0 radical (unpaired) electrons. The molecule has 3 rings (SSSR count). The third-order valence-electron chi connectivity index (χ3n) is 6.84. The lowest BCUT2D eigenvalue weighted by Crippen LogP contribution is -2.46. The molecule has 0 spiro atoms. The average molecular weight is 575 g/mol. The Labute approximate surface area is 231 Å². The summed E-state index contributed by atoms with van der Waals surface area (Å²) in [5.74, 6) is -2.24. The molecule has 1 aromatic heterocycles. The van der Waals surface area contributed by atoms with Crippen LogP contribution in [0.3, 0.4) is 0 Å². The van der Waals surface area contributed by atoms with Crippen molar-refractivity contribution >= 4 is 17.8 Å². The van der Waals surface area contributed by atoms with E-state index in [1.807, 2.05) is 0 Å². The summed E-state index contributed by atoms with van der Waals surface area (Å²) in [6, 6.07) is 0.355. The van der Waals surface area contributed by atoms with Gasteiger partial charge in [-0.15, -0.1) is 0 Å². The second-order valence-electron chi connectivity index (χ2n) is 10.0. The number of nitrogens with zero attached hydrogens (tertiary/aromatic N) is 1. The topological polar surface area (TPSA) is 122 Å². The molecular formula is C27H37F3N2O8. The number of nitrogens with one attached hydrogen (secondary N) is 1. The maximum Gasteiger partial charge on any atom is 0.389 e. The fourth-order valence-corrected chi connectivity index (χ4v) is 4.92. The van der Waals surface area contributed by atoms with Crippen molar-refractivity contribution in [3.63, 3.8) is 0 Å². The molecule has 1 aliphatic heterocycles. The molecule has 2 heterocycles. The summed E-state index contributed by atoms with van der Waals surface area (Å²) in [6.45, 7) is 2.70. The number of alkyl halides is 3. The molecule has 1 N–H and O–H groups in total. The van der Waals surface area contributed by atoms with Gasteiger partial charge >= 0.3 is 18.1 Å². The molecule has 1 amide bonds. The van der Waals surface area contributed by atoms with Crippen molar-refractivity contribution in [2.45, 2.75) is 108 Å². The van der Waals surface area contributed by atoms with Gasteiger partial charge in [-0.25, -0.2) is 9.78 Å². The van der Waals surface area contributed by atoms with Gasteiger partial charge in [0, 0.05) is 32.2 Å². The van der Waals surface area contributed by atoms with Crippen LogP contribution >= 0.6 is 0 Å². The molecule has 1 saturated carbocycles. The van der Waals surface area contributed by atoms with Gasteiger partial charge in [-0.1, -0.05) is 12.8 Å². The summed E-state index contributed by atoms with van der Waals surface area (Å²) < 4.78 is 66.1. The molecule has 13 heteroatoms. The Morgan fingerprint density at radius 3 is 2.52 bits per heavy atom. The Kier molecular flexibility index (Phi) is 11.6. The minimum absolute atomic E-state index is 0.0532. The van der Waals surface area contributed by atoms with E-state index in [2.05, 4.69) is 10.3 Å². The Morgan fingerprint density at radius 1 is 1.15 bits per heavy atom. The highest BCUT2D eigenvalue weighted by molar-refractivity contribution is 5.98. The number of aromatic nitrogens is 1. The third kappa shape index (κ3) is 9.33. The Balaban J connectivity index is 1.75. The highest BCUT2D eigenvalue weighted by Gasteiger charge is 2.38. The molecule has 224 valence electrons. The van der Waals surface area contributed by atoms with Crippen molar-refractivity contribution < 1.29 is 51.2 Å². The molecule has 4 unspecified atom stereocenters. The van der Waals surface area contributed by atoms with E-state index < -0.39 is 54.8 Å². The zero-order chi connectivity index (χ0) is 29.3. The maximum absolute atomic E-state index is 13.2. The van der Waals surface area contributed by atoms with Crippen LogP contribution < -0.4 is 14.8 Å². The van der Waals surface area contributed by atoms with Gasteiger partial charge in [0.05, 0.1) is 19.3 Å². The third-order valence-corrected chi connectivity index (χ3v) is 6.84. The van der Waals surface area contributed by atoms with E-state index in [-0.39, 0.29) is 42.7 Å². The number of amides is 1.